The maximum atomic E-state index is 11.4. The van der Waals surface area contributed by atoms with Gasteiger partial charge in [0.25, 0.3) is 0 Å². The van der Waals surface area contributed by atoms with Crippen molar-refractivity contribution in [3.8, 4) is 0 Å². The monoisotopic (exact) mass is 1300 g/mol. The Morgan fingerprint density at radius 2 is 0.827 bits per heavy atom. The Morgan fingerprint density at radius 1 is 0.432 bits per heavy atom. The number of ether oxygens (including phenoxy) is 8. The summed E-state index contributed by atoms with van der Waals surface area (Å²) in [5.74, 6) is 0. The molecule has 81 heavy (non-hydrogen) atoms. The van der Waals surface area contributed by atoms with Gasteiger partial charge in [0.1, 0.15) is 0 Å². The number of nitrogens with one attached hydrogen (secondary N) is 2. The molecule has 2 saturated carbocycles. The highest BCUT2D eigenvalue weighted by Crippen LogP contribution is 2.24. The SMILES string of the molecule is CN(C(=O)OCCl)C1CCCC1.C[C@@H]1CCCCN1C(=O)OCCl.C[C@@H]1CCC[C@H](C)N1C(=O)OCCl.O=C(NC1CCCC1)OCCl.O=C(NC1CCOC1)OCCl.O=C(OCCl)N1CCCCC1.O=C(OCCl)N1CCCCC1. The molecule has 0 spiro atoms. The largest absolute Gasteiger partial charge is 0.433 e. The Balaban J connectivity index is 0.000000473. The average Bonchev–Trinajstić information content (AvgIpc) is 4.31. The lowest BCUT2D eigenvalue weighted by molar-refractivity contribution is 0.0654. The number of piperidine rings is 4. The third kappa shape index (κ3) is 34.4. The van der Waals surface area contributed by atoms with Crippen LogP contribution in [0, 0.1) is 0 Å². The van der Waals surface area contributed by atoms with E-state index >= 15 is 0 Å². The first-order chi connectivity index (χ1) is 39.0. The molecule has 5 aliphatic heterocycles. The number of halogens is 7. The Hall–Kier alpha value is -3.12. The molecule has 0 aromatic rings. The number of carbonyl (C=O) groups excluding carboxylic acids is 7. The molecule has 5 heterocycles. The van der Waals surface area contributed by atoms with E-state index in [1.165, 1.54) is 51.4 Å². The molecule has 1 unspecified atom stereocenters. The third-order valence-corrected chi connectivity index (χ3v) is 14.8. The van der Waals surface area contributed by atoms with Crippen molar-refractivity contribution in [3.63, 3.8) is 0 Å². The number of hydrogen-bond acceptors (Lipinski definition) is 15. The number of amides is 7. The summed E-state index contributed by atoms with van der Waals surface area (Å²) in [4.78, 5) is 85.9. The van der Waals surface area contributed by atoms with Gasteiger partial charge >= 0.3 is 42.7 Å². The van der Waals surface area contributed by atoms with Crippen molar-refractivity contribution in [3.05, 3.63) is 0 Å². The van der Waals surface area contributed by atoms with Crippen LogP contribution < -0.4 is 10.6 Å². The van der Waals surface area contributed by atoms with Crippen molar-refractivity contribution in [1.29, 1.82) is 0 Å². The summed E-state index contributed by atoms with van der Waals surface area (Å²) < 4.78 is 37.4. The molecule has 7 aliphatic rings. The highest BCUT2D eigenvalue weighted by molar-refractivity contribution is 6.18. The van der Waals surface area contributed by atoms with Crippen LogP contribution in [-0.2, 0) is 37.9 Å². The number of likely N-dealkylation sites (tertiary alicyclic amines) is 4. The van der Waals surface area contributed by atoms with Gasteiger partial charge in [-0.05, 0) is 130 Å². The topological polar surface area (TPSA) is 234 Å². The number of alkyl carbamates (subject to hydrolysis) is 2. The Labute approximate surface area is 514 Å². The lowest BCUT2D eigenvalue weighted by Crippen LogP contribution is -2.47. The molecule has 0 bridgehead atoms. The Kier molecular flexibility index (Phi) is 45.1. The van der Waals surface area contributed by atoms with E-state index in [9.17, 15) is 33.6 Å². The van der Waals surface area contributed by atoms with E-state index in [4.69, 9.17) is 95.4 Å². The number of carbonyl (C=O) groups is 7. The fourth-order valence-corrected chi connectivity index (χ4v) is 10.3. The van der Waals surface area contributed by atoms with E-state index in [2.05, 4.69) is 34.3 Å². The van der Waals surface area contributed by atoms with E-state index in [0.29, 0.717) is 31.3 Å². The molecule has 5 saturated heterocycles. The molecule has 0 aromatic heterocycles. The second-order valence-corrected chi connectivity index (χ2v) is 21.3. The second kappa shape index (κ2) is 48.2. The van der Waals surface area contributed by atoms with E-state index in [1.807, 2.05) is 20.8 Å². The van der Waals surface area contributed by atoms with Crippen LogP contribution in [0.25, 0.3) is 0 Å². The fraction of sp³-hybridized carbons (Fsp3) is 0.865. The predicted octanol–water partition coefficient (Wildman–Crippen LogP) is 13.1. The van der Waals surface area contributed by atoms with E-state index in [1.54, 1.807) is 31.5 Å². The summed E-state index contributed by atoms with van der Waals surface area (Å²) in [5, 5.41) is 5.34. The summed E-state index contributed by atoms with van der Waals surface area (Å²) in [6, 6.07) is 1.17. The fourth-order valence-electron chi connectivity index (χ4n) is 9.65. The van der Waals surface area contributed by atoms with Gasteiger partial charge in [-0.3, -0.25) is 0 Å². The van der Waals surface area contributed by atoms with Crippen molar-refractivity contribution >= 4 is 124 Å². The van der Waals surface area contributed by atoms with Crippen LogP contribution in [0.15, 0.2) is 0 Å². The van der Waals surface area contributed by atoms with Gasteiger partial charge in [-0.2, -0.15) is 0 Å². The van der Waals surface area contributed by atoms with Gasteiger partial charge < -0.3 is 73.0 Å². The molecule has 29 heteroatoms. The molecular formula is C52H90Cl7N7O15. The first-order valence-electron chi connectivity index (χ1n) is 28.0. The maximum absolute atomic E-state index is 11.4. The predicted molar refractivity (Wildman–Crippen MR) is 314 cm³/mol. The standard InChI is InChI=1S/C9H16ClNO2.2C8H14ClNO2.3C7H12ClNO2.C6H10ClNO3/c1-7-4-3-5-8(2)11(7)9(12)13-6-10;1-10(8(11)12-6-9)7-4-2-3-5-7;1-7-4-2-3-5-10(7)8(11)12-6-9;8-5-11-7(10)9-6-3-1-2-4-6;2*8-6-11-7(10)9-4-2-1-3-5-9;7-4-11-6(9)8-5-1-2-10-3-5/h7-8H,3-6H2,1-2H3;2*7H,2-6H2,1H3;6H,1-5H2,(H,9,10);2*1-6H2;5H,1-4H2,(H,8,9)/t7-,8+;;7-;;;;/m..1..../s1. The minimum absolute atomic E-state index is 0.0463. The molecule has 2 N–H and O–H groups in total. The zero-order valence-corrected chi connectivity index (χ0v) is 53.0. The van der Waals surface area contributed by atoms with Crippen LogP contribution in [0.2, 0.25) is 0 Å². The first-order valence-corrected chi connectivity index (χ1v) is 31.7. The summed E-state index contributed by atoms with van der Waals surface area (Å²) >= 11 is 36.8. The van der Waals surface area contributed by atoms with Crippen LogP contribution >= 0.6 is 81.2 Å². The quantitative estimate of drug-likeness (QED) is 0.153. The lowest BCUT2D eigenvalue weighted by Gasteiger charge is -2.37. The van der Waals surface area contributed by atoms with E-state index < -0.39 is 12.2 Å². The van der Waals surface area contributed by atoms with Crippen LogP contribution in [-0.4, -0.2) is 199 Å². The molecule has 0 aromatic carbocycles. The van der Waals surface area contributed by atoms with Gasteiger partial charge in [-0.15, -0.1) is 0 Å². The zero-order valence-electron chi connectivity index (χ0n) is 47.7. The maximum Gasteiger partial charge on any atom is 0.411 e. The highest BCUT2D eigenvalue weighted by atomic mass is 35.5. The van der Waals surface area contributed by atoms with Gasteiger partial charge in [0.15, 0.2) is 42.5 Å². The van der Waals surface area contributed by atoms with E-state index in [0.717, 1.165) is 116 Å². The average molecular weight is 1300 g/mol. The number of hydrogen-bond donors (Lipinski definition) is 2. The number of alkyl halides is 7. The minimum atomic E-state index is -0.476. The highest BCUT2D eigenvalue weighted by Gasteiger charge is 2.30. The Bertz CT molecular complexity index is 1640. The molecular weight excluding hydrogens is 1210 g/mol. The smallest absolute Gasteiger partial charge is 0.411 e. The lowest BCUT2D eigenvalue weighted by atomic mass is 9.98. The van der Waals surface area contributed by atoms with Gasteiger partial charge in [0.05, 0.1) is 12.6 Å². The number of nitrogens with zero attached hydrogens (tertiary/aromatic N) is 5. The summed E-state index contributed by atoms with van der Waals surface area (Å²) in [7, 11) is 1.77. The van der Waals surface area contributed by atoms with Crippen LogP contribution in [0.1, 0.15) is 156 Å². The zero-order chi connectivity index (χ0) is 60.2. The number of rotatable bonds is 10. The van der Waals surface area contributed by atoms with Gasteiger partial charge in [0, 0.05) is 76.6 Å². The van der Waals surface area contributed by atoms with Gasteiger partial charge in [-0.25, -0.2) is 33.6 Å². The van der Waals surface area contributed by atoms with Crippen molar-refractivity contribution in [2.75, 3.05) is 95.4 Å². The van der Waals surface area contributed by atoms with Crippen LogP contribution in [0.5, 0.6) is 0 Å². The third-order valence-electron chi connectivity index (χ3n) is 14.0. The molecule has 22 nitrogen and oxygen atoms in total. The normalized spacial score (nSPS) is 21.3. The minimum Gasteiger partial charge on any atom is -0.433 e. The van der Waals surface area contributed by atoms with Crippen LogP contribution in [0.4, 0.5) is 33.6 Å². The van der Waals surface area contributed by atoms with Crippen molar-refractivity contribution in [2.24, 2.45) is 0 Å². The van der Waals surface area contributed by atoms with Crippen LogP contribution in [0.3, 0.4) is 0 Å². The van der Waals surface area contributed by atoms with E-state index in [-0.39, 0.29) is 91.1 Å². The van der Waals surface area contributed by atoms with Gasteiger partial charge in [-0.1, -0.05) is 107 Å². The first kappa shape index (κ1) is 75.9. The van der Waals surface area contributed by atoms with Crippen molar-refractivity contribution in [2.45, 2.75) is 192 Å². The molecule has 4 atom stereocenters. The molecule has 472 valence electrons. The molecule has 7 amide bonds. The van der Waals surface area contributed by atoms with Gasteiger partial charge in [0.2, 0.25) is 0 Å². The van der Waals surface area contributed by atoms with Crippen molar-refractivity contribution < 1.29 is 71.5 Å². The summed E-state index contributed by atoms with van der Waals surface area (Å²) in [5.41, 5.74) is 0. The van der Waals surface area contributed by atoms with Crippen molar-refractivity contribution in [1.82, 2.24) is 35.1 Å². The summed E-state index contributed by atoms with van der Waals surface area (Å²) in [6.07, 6.45) is 21.1. The Morgan fingerprint density at radius 3 is 1.26 bits per heavy atom. The molecule has 7 fully saturated rings. The molecule has 0 radical (unpaired) electrons. The second-order valence-electron chi connectivity index (χ2n) is 19.7. The summed E-state index contributed by atoms with van der Waals surface area (Å²) in [6.45, 7) is 11.5. The molecule has 7 rings (SSSR count). The molecule has 2 aliphatic carbocycles.